The van der Waals surface area contributed by atoms with Gasteiger partial charge in [-0.2, -0.15) is 0 Å². The molecule has 1 aromatic carbocycles. The van der Waals surface area contributed by atoms with E-state index in [2.05, 4.69) is 4.90 Å². The summed E-state index contributed by atoms with van der Waals surface area (Å²) in [6.07, 6.45) is 0. The van der Waals surface area contributed by atoms with Gasteiger partial charge in [-0.25, -0.2) is 4.21 Å². The van der Waals surface area contributed by atoms with Crippen LogP contribution < -0.4 is 4.74 Å². The van der Waals surface area contributed by atoms with Crippen LogP contribution in [0.3, 0.4) is 0 Å². The van der Waals surface area contributed by atoms with Crippen molar-refractivity contribution in [2.24, 2.45) is 0 Å². The second kappa shape index (κ2) is 6.84. The van der Waals surface area contributed by atoms with E-state index in [1.807, 2.05) is 0 Å². The molecule has 5 nitrogen and oxygen atoms in total. The molecule has 1 aromatic rings. The molecule has 1 N–H and O–H groups in total. The van der Waals surface area contributed by atoms with E-state index in [9.17, 15) is 4.21 Å². The van der Waals surface area contributed by atoms with Gasteiger partial charge in [0, 0.05) is 19.6 Å². The Kier molecular flexibility index (Phi) is 5.12. The summed E-state index contributed by atoms with van der Waals surface area (Å²) in [5.41, 5.74) is 0. The highest BCUT2D eigenvalue weighted by Crippen LogP contribution is 2.14. The maximum Gasteiger partial charge on any atom is 0.186 e. The maximum atomic E-state index is 10.8. The van der Waals surface area contributed by atoms with E-state index in [-0.39, 0.29) is 0 Å². The quantitative estimate of drug-likeness (QED) is 0.809. The summed E-state index contributed by atoms with van der Waals surface area (Å²) in [5, 5.41) is 0. The van der Waals surface area contributed by atoms with Crippen LogP contribution in [-0.4, -0.2) is 53.1 Å². The molecule has 1 fully saturated rings. The number of rotatable bonds is 5. The zero-order valence-electron chi connectivity index (χ0n) is 10.1. The normalized spacial score (nSPS) is 18.5. The lowest BCUT2D eigenvalue weighted by Gasteiger charge is -2.26. The Labute approximate surface area is 109 Å². The van der Waals surface area contributed by atoms with Gasteiger partial charge in [-0.3, -0.25) is 4.90 Å². The van der Waals surface area contributed by atoms with E-state index < -0.39 is 11.1 Å². The molecule has 1 aliphatic heterocycles. The Bertz CT molecular complexity index is 390. The summed E-state index contributed by atoms with van der Waals surface area (Å²) in [5.74, 6) is 0.720. The number of nitrogens with zero attached hydrogens (tertiary/aromatic N) is 1. The molecule has 100 valence electrons. The molecule has 2 rings (SSSR count). The van der Waals surface area contributed by atoms with Gasteiger partial charge < -0.3 is 14.0 Å². The first-order chi connectivity index (χ1) is 8.75. The maximum absolute atomic E-state index is 10.8. The van der Waals surface area contributed by atoms with Crippen LogP contribution in [0.25, 0.3) is 0 Å². The van der Waals surface area contributed by atoms with Crippen LogP contribution in [0.15, 0.2) is 29.2 Å². The number of benzene rings is 1. The van der Waals surface area contributed by atoms with Crippen LogP contribution in [0.1, 0.15) is 0 Å². The standard InChI is InChI=1S/C12H17NO4S/c14-18(15)12-3-1-11(2-4-12)17-10-7-13-5-8-16-9-6-13/h1-4H,5-10H2,(H,14,15). The molecule has 1 aliphatic rings. The summed E-state index contributed by atoms with van der Waals surface area (Å²) in [6.45, 7) is 4.96. The molecule has 6 heteroatoms. The third-order valence-corrected chi connectivity index (χ3v) is 3.48. The number of hydrogen-bond donors (Lipinski definition) is 1. The van der Waals surface area contributed by atoms with Crippen LogP contribution >= 0.6 is 0 Å². The molecule has 0 spiro atoms. The number of hydrogen-bond acceptors (Lipinski definition) is 4. The Hall–Kier alpha value is -0.950. The average Bonchev–Trinajstić information content (AvgIpc) is 2.40. The fraction of sp³-hybridized carbons (Fsp3) is 0.500. The van der Waals surface area contributed by atoms with Crippen molar-refractivity contribution in [3.05, 3.63) is 24.3 Å². The second-order valence-electron chi connectivity index (χ2n) is 4.02. The second-order valence-corrected chi connectivity index (χ2v) is 4.99. The fourth-order valence-corrected chi connectivity index (χ4v) is 2.14. The van der Waals surface area contributed by atoms with Gasteiger partial charge in [-0.05, 0) is 24.3 Å². The van der Waals surface area contributed by atoms with Gasteiger partial charge in [-0.15, -0.1) is 0 Å². The van der Waals surface area contributed by atoms with Crippen LogP contribution in [0, 0.1) is 0 Å². The van der Waals surface area contributed by atoms with Crippen LogP contribution in [-0.2, 0) is 15.8 Å². The molecule has 18 heavy (non-hydrogen) atoms. The van der Waals surface area contributed by atoms with E-state index in [0.29, 0.717) is 11.5 Å². The van der Waals surface area contributed by atoms with Crippen LogP contribution in [0.5, 0.6) is 5.75 Å². The molecule has 0 radical (unpaired) electrons. The van der Waals surface area contributed by atoms with Crippen molar-refractivity contribution < 1.29 is 18.2 Å². The molecular formula is C12H17NO4S. The predicted molar refractivity (Wildman–Crippen MR) is 68.2 cm³/mol. The summed E-state index contributed by atoms with van der Waals surface area (Å²) in [4.78, 5) is 2.68. The van der Waals surface area contributed by atoms with Crippen LogP contribution in [0.2, 0.25) is 0 Å². The third kappa shape index (κ3) is 4.06. The monoisotopic (exact) mass is 271 g/mol. The minimum atomic E-state index is -1.92. The first-order valence-corrected chi connectivity index (χ1v) is 7.00. The first kappa shape index (κ1) is 13.5. The Morgan fingerprint density at radius 3 is 2.56 bits per heavy atom. The van der Waals surface area contributed by atoms with Gasteiger partial charge >= 0.3 is 0 Å². The lowest BCUT2D eigenvalue weighted by atomic mass is 10.3. The van der Waals surface area contributed by atoms with Crippen molar-refractivity contribution in [3.63, 3.8) is 0 Å². The third-order valence-electron chi connectivity index (χ3n) is 2.81. The minimum absolute atomic E-state index is 0.385. The van der Waals surface area contributed by atoms with Gasteiger partial charge in [0.2, 0.25) is 0 Å². The molecule has 1 saturated heterocycles. The summed E-state index contributed by atoms with van der Waals surface area (Å²) < 4.78 is 30.5. The summed E-state index contributed by atoms with van der Waals surface area (Å²) in [7, 11) is 0. The van der Waals surface area contributed by atoms with Gasteiger partial charge in [0.05, 0.1) is 18.1 Å². The van der Waals surface area contributed by atoms with Crippen molar-refractivity contribution in [1.82, 2.24) is 4.90 Å². The summed E-state index contributed by atoms with van der Waals surface area (Å²) in [6, 6.07) is 6.62. The predicted octanol–water partition coefficient (Wildman–Crippen LogP) is 0.978. The number of ether oxygens (including phenoxy) is 2. The highest BCUT2D eigenvalue weighted by Gasteiger charge is 2.09. The van der Waals surface area contributed by atoms with Gasteiger partial charge in [-0.1, -0.05) is 0 Å². The molecule has 0 aliphatic carbocycles. The smallest absolute Gasteiger partial charge is 0.186 e. The van der Waals surface area contributed by atoms with Gasteiger partial charge in [0.25, 0.3) is 0 Å². The van der Waals surface area contributed by atoms with Crippen molar-refractivity contribution in [1.29, 1.82) is 0 Å². The van der Waals surface area contributed by atoms with E-state index in [4.69, 9.17) is 14.0 Å². The van der Waals surface area contributed by atoms with E-state index in [1.54, 1.807) is 24.3 Å². The zero-order chi connectivity index (χ0) is 12.8. The first-order valence-electron chi connectivity index (χ1n) is 5.89. The van der Waals surface area contributed by atoms with E-state index >= 15 is 0 Å². The minimum Gasteiger partial charge on any atom is -0.492 e. The van der Waals surface area contributed by atoms with Gasteiger partial charge in [0.15, 0.2) is 11.1 Å². The molecule has 1 atom stereocenters. The van der Waals surface area contributed by atoms with Crippen molar-refractivity contribution in [2.75, 3.05) is 39.5 Å². The van der Waals surface area contributed by atoms with Crippen molar-refractivity contribution in [3.8, 4) is 5.75 Å². The van der Waals surface area contributed by atoms with Crippen molar-refractivity contribution in [2.45, 2.75) is 4.90 Å². The Morgan fingerprint density at radius 2 is 1.94 bits per heavy atom. The molecule has 0 saturated carbocycles. The van der Waals surface area contributed by atoms with Gasteiger partial charge in [0.1, 0.15) is 12.4 Å². The van der Waals surface area contributed by atoms with E-state index in [1.165, 1.54) is 0 Å². The Morgan fingerprint density at radius 1 is 1.28 bits per heavy atom. The molecule has 0 bridgehead atoms. The molecule has 1 heterocycles. The Balaban J connectivity index is 1.74. The fourth-order valence-electron chi connectivity index (χ4n) is 1.77. The van der Waals surface area contributed by atoms with E-state index in [0.717, 1.165) is 38.6 Å². The largest absolute Gasteiger partial charge is 0.492 e. The average molecular weight is 271 g/mol. The highest BCUT2D eigenvalue weighted by atomic mass is 32.2. The molecule has 0 aromatic heterocycles. The molecule has 0 amide bonds. The van der Waals surface area contributed by atoms with Crippen molar-refractivity contribution >= 4 is 11.1 Å². The zero-order valence-corrected chi connectivity index (χ0v) is 10.9. The summed E-state index contributed by atoms with van der Waals surface area (Å²) >= 11 is -1.92. The van der Waals surface area contributed by atoms with Crippen LogP contribution in [0.4, 0.5) is 0 Å². The lowest BCUT2D eigenvalue weighted by Crippen LogP contribution is -2.38. The highest BCUT2D eigenvalue weighted by molar-refractivity contribution is 7.79. The topological polar surface area (TPSA) is 59.0 Å². The SMILES string of the molecule is O=S(O)c1ccc(OCCN2CCOCC2)cc1. The lowest BCUT2D eigenvalue weighted by molar-refractivity contribution is 0.0322. The molecular weight excluding hydrogens is 254 g/mol. The molecule has 1 unspecified atom stereocenters. The number of morpholine rings is 1.